The lowest BCUT2D eigenvalue weighted by atomic mass is 10.3. The number of nitrogens with zero attached hydrogens (tertiary/aromatic N) is 8. The van der Waals surface area contributed by atoms with Crippen molar-refractivity contribution in [3.05, 3.63) is 48.5 Å². The molecule has 0 fully saturated rings. The first-order valence-corrected chi connectivity index (χ1v) is 6.92. The van der Waals surface area contributed by atoms with Gasteiger partial charge in [-0.1, -0.05) is 17.2 Å². The maximum absolute atomic E-state index is 5.80. The Balaban J connectivity index is 1.78. The van der Waals surface area contributed by atoms with Crippen LogP contribution < -0.4 is 4.74 Å². The number of para-hydroxylation sites is 2. The van der Waals surface area contributed by atoms with E-state index in [1.54, 1.807) is 34.8 Å². The molecule has 4 aromatic rings. The summed E-state index contributed by atoms with van der Waals surface area (Å²) in [7, 11) is 1.76. The van der Waals surface area contributed by atoms with Crippen LogP contribution in [0.5, 0.6) is 6.01 Å². The highest BCUT2D eigenvalue weighted by atomic mass is 16.5. The molecular formula is C14H12N8O. The van der Waals surface area contributed by atoms with Gasteiger partial charge in [-0.2, -0.15) is 4.98 Å². The SMILES string of the molecule is Cn1nnnc1-n1c(OCc2ncccn2)nc2ccccc21. The van der Waals surface area contributed by atoms with Gasteiger partial charge in [0.25, 0.3) is 5.95 Å². The highest BCUT2D eigenvalue weighted by Gasteiger charge is 2.18. The molecule has 0 radical (unpaired) electrons. The predicted molar refractivity (Wildman–Crippen MR) is 79.8 cm³/mol. The lowest BCUT2D eigenvalue weighted by molar-refractivity contribution is 0.267. The molecule has 1 aromatic carbocycles. The Morgan fingerprint density at radius 3 is 2.70 bits per heavy atom. The molecule has 9 nitrogen and oxygen atoms in total. The van der Waals surface area contributed by atoms with Crippen LogP contribution in [0.3, 0.4) is 0 Å². The van der Waals surface area contributed by atoms with Gasteiger partial charge in [0, 0.05) is 19.4 Å². The fraction of sp³-hybridized carbons (Fsp3) is 0.143. The number of imidazole rings is 1. The van der Waals surface area contributed by atoms with E-state index in [0.717, 1.165) is 11.0 Å². The van der Waals surface area contributed by atoms with E-state index in [2.05, 4.69) is 30.5 Å². The zero-order valence-corrected chi connectivity index (χ0v) is 12.2. The van der Waals surface area contributed by atoms with Crippen molar-refractivity contribution in [1.82, 2.24) is 39.7 Å². The number of ether oxygens (including phenoxy) is 1. The Bertz CT molecular complexity index is 946. The molecule has 0 amide bonds. The normalized spacial score (nSPS) is 11.0. The van der Waals surface area contributed by atoms with E-state index in [0.29, 0.717) is 17.8 Å². The molecule has 4 rings (SSSR count). The van der Waals surface area contributed by atoms with Gasteiger partial charge in [0.05, 0.1) is 11.0 Å². The molecule has 23 heavy (non-hydrogen) atoms. The molecule has 0 saturated carbocycles. The molecular weight excluding hydrogens is 296 g/mol. The maximum atomic E-state index is 5.80. The van der Waals surface area contributed by atoms with Crippen molar-refractivity contribution in [3.8, 4) is 12.0 Å². The van der Waals surface area contributed by atoms with Crippen LogP contribution in [-0.2, 0) is 13.7 Å². The summed E-state index contributed by atoms with van der Waals surface area (Å²) in [4.78, 5) is 12.8. The number of fused-ring (bicyclic) bond motifs is 1. The quantitative estimate of drug-likeness (QED) is 0.553. The first-order chi connectivity index (χ1) is 11.3. The first-order valence-electron chi connectivity index (χ1n) is 6.92. The predicted octanol–water partition coefficient (Wildman–Crippen LogP) is 0.918. The standard InChI is InChI=1S/C14H12N8O/c1-21-13(18-19-20-21)22-11-6-3-2-5-10(11)17-14(22)23-9-12-15-7-4-8-16-12/h2-8H,9H2,1H3. The molecule has 0 aliphatic carbocycles. The van der Waals surface area contributed by atoms with Gasteiger partial charge in [-0.25, -0.2) is 19.2 Å². The molecule has 0 saturated heterocycles. The monoisotopic (exact) mass is 308 g/mol. The molecule has 114 valence electrons. The number of rotatable bonds is 4. The summed E-state index contributed by atoms with van der Waals surface area (Å²) < 4.78 is 9.12. The van der Waals surface area contributed by atoms with E-state index in [9.17, 15) is 0 Å². The summed E-state index contributed by atoms with van der Waals surface area (Å²) >= 11 is 0. The third-order valence-corrected chi connectivity index (χ3v) is 3.28. The van der Waals surface area contributed by atoms with Crippen LogP contribution in [0.25, 0.3) is 17.0 Å². The average molecular weight is 308 g/mol. The molecule has 0 bridgehead atoms. The zero-order valence-electron chi connectivity index (χ0n) is 12.2. The minimum absolute atomic E-state index is 0.204. The highest BCUT2D eigenvalue weighted by Crippen LogP contribution is 2.24. The number of hydrogen-bond donors (Lipinski definition) is 0. The van der Waals surface area contributed by atoms with Gasteiger partial charge in [-0.05, 0) is 28.6 Å². The van der Waals surface area contributed by atoms with Gasteiger partial charge < -0.3 is 4.74 Å². The van der Waals surface area contributed by atoms with Gasteiger partial charge >= 0.3 is 6.01 Å². The summed E-state index contributed by atoms with van der Waals surface area (Å²) in [6.45, 7) is 0.204. The molecule has 9 heteroatoms. The summed E-state index contributed by atoms with van der Waals surface area (Å²) in [6, 6.07) is 9.82. The van der Waals surface area contributed by atoms with E-state index >= 15 is 0 Å². The Labute approximate surface area is 130 Å². The van der Waals surface area contributed by atoms with Crippen LogP contribution >= 0.6 is 0 Å². The van der Waals surface area contributed by atoms with Gasteiger partial charge in [0.1, 0.15) is 0 Å². The second-order valence-corrected chi connectivity index (χ2v) is 4.77. The average Bonchev–Trinajstić information content (AvgIpc) is 3.16. The number of hydrogen-bond acceptors (Lipinski definition) is 7. The fourth-order valence-electron chi connectivity index (χ4n) is 2.24. The Hall–Kier alpha value is -3.36. The summed E-state index contributed by atoms with van der Waals surface area (Å²) in [5.74, 6) is 1.09. The molecule has 0 N–H and O–H groups in total. The molecule has 0 aliphatic heterocycles. The zero-order chi connectivity index (χ0) is 15.6. The minimum atomic E-state index is 0.204. The van der Waals surface area contributed by atoms with E-state index in [1.807, 2.05) is 24.3 Å². The fourth-order valence-corrected chi connectivity index (χ4v) is 2.24. The van der Waals surface area contributed by atoms with Crippen LogP contribution in [0, 0.1) is 0 Å². The van der Waals surface area contributed by atoms with Gasteiger partial charge in [0.15, 0.2) is 12.4 Å². The van der Waals surface area contributed by atoms with E-state index in [1.165, 1.54) is 0 Å². The van der Waals surface area contributed by atoms with Crippen LogP contribution in [-0.4, -0.2) is 39.7 Å². The largest absolute Gasteiger partial charge is 0.456 e. The number of benzene rings is 1. The summed E-state index contributed by atoms with van der Waals surface area (Å²) in [6.07, 6.45) is 3.34. The third kappa shape index (κ3) is 2.37. The lowest BCUT2D eigenvalue weighted by Gasteiger charge is -2.07. The van der Waals surface area contributed by atoms with E-state index in [-0.39, 0.29) is 6.61 Å². The molecule has 0 aliphatic rings. The molecule has 3 heterocycles. The second kappa shape index (κ2) is 5.44. The number of aromatic nitrogens is 8. The van der Waals surface area contributed by atoms with Gasteiger partial charge in [-0.3, -0.25) is 0 Å². The number of tetrazole rings is 1. The molecule has 0 unspecified atom stereocenters. The Morgan fingerprint density at radius 1 is 1.09 bits per heavy atom. The smallest absolute Gasteiger partial charge is 0.305 e. The van der Waals surface area contributed by atoms with Gasteiger partial charge in [-0.15, -0.1) is 0 Å². The Kier molecular flexibility index (Phi) is 3.15. The molecule has 0 atom stereocenters. The van der Waals surface area contributed by atoms with E-state index < -0.39 is 0 Å². The van der Waals surface area contributed by atoms with Gasteiger partial charge in [0.2, 0.25) is 0 Å². The Morgan fingerprint density at radius 2 is 1.91 bits per heavy atom. The van der Waals surface area contributed by atoms with Crippen LogP contribution in [0.1, 0.15) is 5.82 Å². The number of aryl methyl sites for hydroxylation is 1. The van der Waals surface area contributed by atoms with Crippen LogP contribution in [0.15, 0.2) is 42.7 Å². The first kappa shape index (κ1) is 13.3. The van der Waals surface area contributed by atoms with Crippen molar-refractivity contribution in [2.24, 2.45) is 7.05 Å². The van der Waals surface area contributed by atoms with E-state index in [4.69, 9.17) is 4.74 Å². The summed E-state index contributed by atoms with van der Waals surface area (Å²) in [5, 5.41) is 11.6. The van der Waals surface area contributed by atoms with Crippen LogP contribution in [0.2, 0.25) is 0 Å². The second-order valence-electron chi connectivity index (χ2n) is 4.77. The minimum Gasteiger partial charge on any atom is -0.456 e. The third-order valence-electron chi connectivity index (χ3n) is 3.28. The lowest BCUT2D eigenvalue weighted by Crippen LogP contribution is -2.09. The highest BCUT2D eigenvalue weighted by molar-refractivity contribution is 5.78. The molecule has 0 spiro atoms. The van der Waals surface area contributed by atoms with Crippen molar-refractivity contribution in [3.63, 3.8) is 0 Å². The topological polar surface area (TPSA) is 96.4 Å². The van der Waals surface area contributed by atoms with Crippen LogP contribution in [0.4, 0.5) is 0 Å². The van der Waals surface area contributed by atoms with Crippen molar-refractivity contribution in [2.75, 3.05) is 0 Å². The van der Waals surface area contributed by atoms with Crippen molar-refractivity contribution < 1.29 is 4.74 Å². The van der Waals surface area contributed by atoms with Crippen molar-refractivity contribution in [1.29, 1.82) is 0 Å². The van der Waals surface area contributed by atoms with Crippen molar-refractivity contribution >= 4 is 11.0 Å². The van der Waals surface area contributed by atoms with Crippen molar-refractivity contribution in [2.45, 2.75) is 6.61 Å². The molecule has 3 aromatic heterocycles. The maximum Gasteiger partial charge on any atom is 0.305 e. The summed E-state index contributed by atoms with van der Waals surface area (Å²) in [5.41, 5.74) is 1.65.